The third kappa shape index (κ3) is 5.85. The zero-order valence-electron chi connectivity index (χ0n) is 9.18. The first kappa shape index (κ1) is 12.3. The lowest BCUT2D eigenvalue weighted by Crippen LogP contribution is -1.99. The molecule has 1 heteroatoms. The summed E-state index contributed by atoms with van der Waals surface area (Å²) in [5, 5.41) is 0. The van der Waals surface area contributed by atoms with Gasteiger partial charge in [-0.05, 0) is 38.0 Å². The Hall–Kier alpha value is 0.220. The number of rotatable bonds is 9. The van der Waals surface area contributed by atoms with Crippen LogP contribution in [0.2, 0.25) is 0 Å². The van der Waals surface area contributed by atoms with Crippen LogP contribution in [0.1, 0.15) is 57.8 Å². The highest BCUT2D eigenvalue weighted by molar-refractivity contribution is 9.09. The summed E-state index contributed by atoms with van der Waals surface area (Å²) in [4.78, 5) is 0.829. The molecule has 0 heterocycles. The van der Waals surface area contributed by atoms with Crippen molar-refractivity contribution in [2.45, 2.75) is 62.6 Å². The summed E-state index contributed by atoms with van der Waals surface area (Å²) in [6, 6.07) is 0. The fraction of sp³-hybridized carbons (Fsp3) is 0.846. The van der Waals surface area contributed by atoms with Gasteiger partial charge in [-0.15, -0.1) is 6.58 Å². The monoisotopic (exact) mass is 258 g/mol. The number of halogens is 1. The molecule has 0 radical (unpaired) electrons. The SMILES string of the molecule is C=CCCCCCCCC(Br)C1CC1. The van der Waals surface area contributed by atoms with Gasteiger partial charge in [0.1, 0.15) is 0 Å². The van der Waals surface area contributed by atoms with Crippen molar-refractivity contribution in [2.75, 3.05) is 0 Å². The first-order chi connectivity index (χ1) is 6.84. The zero-order valence-corrected chi connectivity index (χ0v) is 10.8. The smallest absolute Gasteiger partial charge is 0.0174 e. The standard InChI is InChI=1S/C13H23Br/c1-2-3-4-5-6-7-8-9-13(14)12-10-11-12/h2,12-13H,1,3-11H2. The van der Waals surface area contributed by atoms with Gasteiger partial charge in [-0.2, -0.15) is 0 Å². The molecular formula is C13H23Br. The summed E-state index contributed by atoms with van der Waals surface area (Å²) in [6.45, 7) is 3.74. The molecule has 1 unspecified atom stereocenters. The molecule has 1 atom stereocenters. The van der Waals surface area contributed by atoms with Gasteiger partial charge in [0.2, 0.25) is 0 Å². The van der Waals surface area contributed by atoms with Crippen LogP contribution in [0.5, 0.6) is 0 Å². The molecule has 14 heavy (non-hydrogen) atoms. The van der Waals surface area contributed by atoms with Gasteiger partial charge in [0.25, 0.3) is 0 Å². The second-order valence-corrected chi connectivity index (χ2v) is 5.66. The van der Waals surface area contributed by atoms with Crippen molar-refractivity contribution < 1.29 is 0 Å². The normalized spacial score (nSPS) is 18.1. The lowest BCUT2D eigenvalue weighted by atomic mass is 10.1. The Balaban J connectivity index is 1.77. The van der Waals surface area contributed by atoms with Crippen LogP contribution in [-0.4, -0.2) is 4.83 Å². The molecule has 0 bridgehead atoms. The lowest BCUT2D eigenvalue weighted by Gasteiger charge is -2.07. The average Bonchev–Trinajstić information content (AvgIpc) is 2.99. The molecule has 0 aromatic heterocycles. The summed E-state index contributed by atoms with van der Waals surface area (Å²) in [7, 11) is 0. The Kier molecular flexibility index (Phi) is 6.59. The van der Waals surface area contributed by atoms with Crippen molar-refractivity contribution in [3.05, 3.63) is 12.7 Å². The summed E-state index contributed by atoms with van der Waals surface area (Å²) in [5.74, 6) is 1.02. The maximum Gasteiger partial charge on any atom is 0.0174 e. The topological polar surface area (TPSA) is 0 Å². The van der Waals surface area contributed by atoms with Crippen LogP contribution in [0.15, 0.2) is 12.7 Å². The number of alkyl halides is 1. The van der Waals surface area contributed by atoms with Gasteiger partial charge >= 0.3 is 0 Å². The molecule has 1 fully saturated rings. The van der Waals surface area contributed by atoms with Gasteiger partial charge < -0.3 is 0 Å². The van der Waals surface area contributed by atoms with E-state index in [0.717, 1.165) is 10.7 Å². The molecule has 0 aromatic carbocycles. The molecule has 1 aliphatic carbocycles. The molecule has 0 spiro atoms. The fourth-order valence-electron chi connectivity index (χ4n) is 1.85. The second-order valence-electron chi connectivity index (χ2n) is 4.49. The molecule has 1 rings (SSSR count). The third-order valence-electron chi connectivity index (χ3n) is 3.02. The number of unbranched alkanes of at least 4 members (excludes halogenated alkanes) is 5. The Morgan fingerprint density at radius 3 is 2.43 bits per heavy atom. The van der Waals surface area contributed by atoms with Crippen LogP contribution < -0.4 is 0 Å². The molecule has 0 nitrogen and oxygen atoms in total. The van der Waals surface area contributed by atoms with Crippen LogP contribution in [0.25, 0.3) is 0 Å². The van der Waals surface area contributed by atoms with Crippen LogP contribution in [-0.2, 0) is 0 Å². The second kappa shape index (κ2) is 7.50. The van der Waals surface area contributed by atoms with Crippen molar-refractivity contribution in [3.63, 3.8) is 0 Å². The molecule has 0 aliphatic heterocycles. The van der Waals surface area contributed by atoms with Gasteiger partial charge in [0.15, 0.2) is 0 Å². The van der Waals surface area contributed by atoms with E-state index in [1.807, 2.05) is 6.08 Å². The van der Waals surface area contributed by atoms with E-state index in [9.17, 15) is 0 Å². The van der Waals surface area contributed by atoms with E-state index in [1.165, 1.54) is 57.8 Å². The van der Waals surface area contributed by atoms with Crippen LogP contribution in [0, 0.1) is 5.92 Å². The van der Waals surface area contributed by atoms with Crippen molar-refractivity contribution >= 4 is 15.9 Å². The quantitative estimate of drug-likeness (QED) is 0.308. The van der Waals surface area contributed by atoms with Crippen LogP contribution in [0.4, 0.5) is 0 Å². The summed E-state index contributed by atoms with van der Waals surface area (Å²) in [6.07, 6.45) is 14.5. The molecule has 0 saturated heterocycles. The van der Waals surface area contributed by atoms with Crippen molar-refractivity contribution in [1.82, 2.24) is 0 Å². The Bertz CT molecular complexity index is 149. The number of hydrogen-bond donors (Lipinski definition) is 0. The maximum absolute atomic E-state index is 3.79. The minimum atomic E-state index is 0.829. The molecule has 0 N–H and O–H groups in total. The Morgan fingerprint density at radius 1 is 1.14 bits per heavy atom. The largest absolute Gasteiger partial charge is 0.103 e. The van der Waals surface area contributed by atoms with E-state index in [4.69, 9.17) is 0 Å². The van der Waals surface area contributed by atoms with Crippen LogP contribution in [0.3, 0.4) is 0 Å². The predicted molar refractivity (Wildman–Crippen MR) is 68.0 cm³/mol. The molecule has 82 valence electrons. The maximum atomic E-state index is 3.79. The summed E-state index contributed by atoms with van der Waals surface area (Å²) >= 11 is 3.79. The van der Waals surface area contributed by atoms with Gasteiger partial charge in [0, 0.05) is 4.83 Å². The Morgan fingerprint density at radius 2 is 1.79 bits per heavy atom. The highest BCUT2D eigenvalue weighted by Crippen LogP contribution is 2.38. The number of hydrogen-bond acceptors (Lipinski definition) is 0. The average molecular weight is 259 g/mol. The first-order valence-electron chi connectivity index (χ1n) is 6.09. The van der Waals surface area contributed by atoms with Gasteiger partial charge in [-0.3, -0.25) is 0 Å². The highest BCUT2D eigenvalue weighted by Gasteiger charge is 2.28. The number of allylic oxidation sites excluding steroid dienone is 1. The van der Waals surface area contributed by atoms with E-state index < -0.39 is 0 Å². The molecule has 0 amide bonds. The van der Waals surface area contributed by atoms with Gasteiger partial charge in [0.05, 0.1) is 0 Å². The fourth-order valence-corrected chi connectivity index (χ4v) is 2.70. The van der Waals surface area contributed by atoms with Gasteiger partial charge in [-0.1, -0.05) is 47.7 Å². The first-order valence-corrected chi connectivity index (χ1v) is 7.01. The summed E-state index contributed by atoms with van der Waals surface area (Å²) in [5.41, 5.74) is 0. The van der Waals surface area contributed by atoms with E-state index in [2.05, 4.69) is 22.5 Å². The lowest BCUT2D eigenvalue weighted by molar-refractivity contribution is 0.574. The van der Waals surface area contributed by atoms with E-state index in [1.54, 1.807) is 0 Å². The van der Waals surface area contributed by atoms with Crippen LogP contribution >= 0.6 is 15.9 Å². The van der Waals surface area contributed by atoms with E-state index in [0.29, 0.717) is 0 Å². The Labute approximate surface area is 97.3 Å². The minimum absolute atomic E-state index is 0.829. The molecule has 1 saturated carbocycles. The van der Waals surface area contributed by atoms with Crippen molar-refractivity contribution in [1.29, 1.82) is 0 Å². The van der Waals surface area contributed by atoms with Gasteiger partial charge in [-0.25, -0.2) is 0 Å². The van der Waals surface area contributed by atoms with Crippen molar-refractivity contribution in [2.24, 2.45) is 5.92 Å². The molecule has 0 aromatic rings. The van der Waals surface area contributed by atoms with E-state index >= 15 is 0 Å². The predicted octanol–water partition coefficient (Wildman–Crippen LogP) is 5.08. The highest BCUT2D eigenvalue weighted by atomic mass is 79.9. The molecule has 1 aliphatic rings. The summed E-state index contributed by atoms with van der Waals surface area (Å²) < 4.78 is 0. The molecular weight excluding hydrogens is 236 g/mol. The third-order valence-corrected chi connectivity index (χ3v) is 4.23. The van der Waals surface area contributed by atoms with E-state index in [-0.39, 0.29) is 0 Å². The minimum Gasteiger partial charge on any atom is -0.103 e. The zero-order chi connectivity index (χ0) is 10.2. The van der Waals surface area contributed by atoms with Crippen molar-refractivity contribution in [3.8, 4) is 0 Å².